The van der Waals surface area contributed by atoms with Gasteiger partial charge >= 0.3 is 5.97 Å². The molecule has 1 amide bonds. The van der Waals surface area contributed by atoms with Gasteiger partial charge in [-0.1, -0.05) is 334 Å². The summed E-state index contributed by atoms with van der Waals surface area (Å²) in [5.41, 5.74) is 0. The predicted octanol–water partition coefficient (Wildman–Crippen LogP) is 21.8. The molecule has 0 fully saturated rings. The number of carbonyl (C=O) groups is 2. The first-order valence-electron chi connectivity index (χ1n) is 34.1. The van der Waals surface area contributed by atoms with Gasteiger partial charge in [0.1, 0.15) is 0 Å². The Morgan fingerprint density at radius 3 is 0.947 bits per heavy atom. The molecule has 0 saturated carbocycles. The van der Waals surface area contributed by atoms with E-state index in [0.29, 0.717) is 19.4 Å². The van der Waals surface area contributed by atoms with Gasteiger partial charge in [-0.15, -0.1) is 0 Å². The third kappa shape index (κ3) is 61.4. The van der Waals surface area contributed by atoms with Crippen molar-refractivity contribution >= 4 is 11.9 Å². The number of carbonyl (C=O) groups excluding carboxylic acids is 2. The van der Waals surface area contributed by atoms with Crippen LogP contribution in [0.25, 0.3) is 0 Å². The van der Waals surface area contributed by atoms with E-state index in [1.54, 1.807) is 6.08 Å². The zero-order valence-corrected chi connectivity index (χ0v) is 50.8. The first-order chi connectivity index (χ1) is 37.0. The van der Waals surface area contributed by atoms with E-state index >= 15 is 0 Å². The molecule has 0 aromatic carbocycles. The van der Waals surface area contributed by atoms with E-state index in [1.165, 1.54) is 308 Å². The lowest BCUT2D eigenvalue weighted by Crippen LogP contribution is -2.45. The van der Waals surface area contributed by atoms with E-state index in [-0.39, 0.29) is 18.5 Å². The highest BCUT2D eigenvalue weighted by atomic mass is 16.5. The van der Waals surface area contributed by atoms with Crippen LogP contribution in [0.2, 0.25) is 0 Å². The lowest BCUT2D eigenvalue weighted by molar-refractivity contribution is -0.143. The second-order valence-electron chi connectivity index (χ2n) is 23.5. The number of esters is 1. The fourth-order valence-electron chi connectivity index (χ4n) is 10.7. The molecular weight excluding hydrogens is 923 g/mol. The molecule has 0 aliphatic rings. The highest BCUT2D eigenvalue weighted by molar-refractivity contribution is 5.76. The fourth-order valence-corrected chi connectivity index (χ4v) is 10.7. The summed E-state index contributed by atoms with van der Waals surface area (Å²) in [6.07, 6.45) is 81.0. The summed E-state index contributed by atoms with van der Waals surface area (Å²) in [5, 5.41) is 23.2. The van der Waals surface area contributed by atoms with E-state index in [0.717, 1.165) is 44.9 Å². The Hall–Kier alpha value is -1.66. The predicted molar refractivity (Wildman–Crippen MR) is 329 cm³/mol. The van der Waals surface area contributed by atoms with Gasteiger partial charge in [-0.2, -0.15) is 0 Å². The first kappa shape index (κ1) is 73.3. The van der Waals surface area contributed by atoms with Gasteiger partial charge in [-0.25, -0.2) is 0 Å². The standard InChI is InChI=1S/C69H133NO5/c1-3-5-7-9-11-13-15-17-19-30-33-37-41-45-49-53-57-61-67(72)66(65-71)70-68(73)62-58-54-50-46-42-38-34-31-28-26-24-22-21-23-25-27-29-32-36-40-44-48-52-56-60-64-75-69(74)63-59-55-51-47-43-39-35-20-18-16-14-12-10-8-6-4-2/h20,35,57,61,66-67,71-72H,3-19,21-34,36-56,58-60,62-65H2,1-2H3,(H,70,73)/b35-20-,61-57+. The molecule has 2 atom stereocenters. The highest BCUT2D eigenvalue weighted by Crippen LogP contribution is 2.18. The summed E-state index contributed by atoms with van der Waals surface area (Å²) in [5.74, 6) is -0.0542. The quantitative estimate of drug-likeness (QED) is 0.0320. The van der Waals surface area contributed by atoms with Crippen LogP contribution < -0.4 is 5.32 Å². The second-order valence-corrected chi connectivity index (χ2v) is 23.5. The van der Waals surface area contributed by atoms with Gasteiger partial charge in [0.15, 0.2) is 0 Å². The molecule has 0 rings (SSSR count). The summed E-state index contributed by atoms with van der Waals surface area (Å²) < 4.78 is 5.49. The Labute approximate surface area is 469 Å². The molecule has 2 unspecified atom stereocenters. The van der Waals surface area contributed by atoms with Crippen LogP contribution in [0.1, 0.15) is 380 Å². The van der Waals surface area contributed by atoms with Crippen molar-refractivity contribution in [1.29, 1.82) is 0 Å². The molecule has 0 aliphatic carbocycles. The summed E-state index contributed by atoms with van der Waals surface area (Å²) in [4.78, 5) is 24.6. The molecule has 0 aromatic heterocycles. The van der Waals surface area contributed by atoms with Crippen molar-refractivity contribution in [3.05, 3.63) is 24.3 Å². The smallest absolute Gasteiger partial charge is 0.305 e. The minimum atomic E-state index is -0.843. The zero-order valence-electron chi connectivity index (χ0n) is 50.8. The Morgan fingerprint density at radius 1 is 0.360 bits per heavy atom. The number of aliphatic hydroxyl groups is 2. The third-order valence-corrected chi connectivity index (χ3v) is 16.0. The molecule has 444 valence electrons. The van der Waals surface area contributed by atoms with Gasteiger partial charge in [-0.05, 0) is 57.8 Å². The van der Waals surface area contributed by atoms with Crippen LogP contribution in [0, 0.1) is 0 Å². The zero-order chi connectivity index (χ0) is 54.3. The number of amides is 1. The maximum atomic E-state index is 12.5. The molecule has 6 nitrogen and oxygen atoms in total. The minimum absolute atomic E-state index is 0.00920. The van der Waals surface area contributed by atoms with Crippen LogP contribution in [-0.4, -0.2) is 47.4 Å². The van der Waals surface area contributed by atoms with E-state index < -0.39 is 12.1 Å². The number of allylic oxidation sites excluding steroid dienone is 3. The van der Waals surface area contributed by atoms with Gasteiger partial charge in [0.2, 0.25) is 5.91 Å². The Bertz CT molecular complexity index is 1170. The van der Waals surface area contributed by atoms with Crippen molar-refractivity contribution in [2.75, 3.05) is 13.2 Å². The SMILES string of the molecule is CCCCCCCCC/C=C\CCCCCCCC(=O)OCCCCCCCCCCCCCCCCCCCCCCCCCCCC(=O)NC(CO)C(O)/C=C/CCCCCCCCCCCCCCCCC. The summed E-state index contributed by atoms with van der Waals surface area (Å²) in [6, 6.07) is -0.627. The number of rotatable bonds is 64. The highest BCUT2D eigenvalue weighted by Gasteiger charge is 2.18. The largest absolute Gasteiger partial charge is 0.466 e. The first-order valence-corrected chi connectivity index (χ1v) is 34.1. The summed E-state index contributed by atoms with van der Waals surface area (Å²) >= 11 is 0. The number of hydrogen-bond donors (Lipinski definition) is 3. The van der Waals surface area contributed by atoms with Gasteiger partial charge in [-0.3, -0.25) is 9.59 Å². The minimum Gasteiger partial charge on any atom is -0.466 e. The van der Waals surface area contributed by atoms with Crippen LogP contribution in [0.4, 0.5) is 0 Å². The van der Waals surface area contributed by atoms with Crippen LogP contribution in [0.15, 0.2) is 24.3 Å². The maximum absolute atomic E-state index is 12.5. The lowest BCUT2D eigenvalue weighted by Gasteiger charge is -2.20. The monoisotopic (exact) mass is 1060 g/mol. The Balaban J connectivity index is 3.37. The average Bonchev–Trinajstić information content (AvgIpc) is 3.41. The van der Waals surface area contributed by atoms with Crippen molar-refractivity contribution in [3.63, 3.8) is 0 Å². The molecule has 0 aromatic rings. The fraction of sp³-hybridized carbons (Fsp3) is 0.913. The molecule has 75 heavy (non-hydrogen) atoms. The van der Waals surface area contributed by atoms with Gasteiger partial charge in [0, 0.05) is 12.8 Å². The molecule has 0 bridgehead atoms. The summed E-state index contributed by atoms with van der Waals surface area (Å²) in [6.45, 7) is 4.93. The third-order valence-electron chi connectivity index (χ3n) is 16.0. The normalized spacial score (nSPS) is 12.6. The second kappa shape index (κ2) is 64.9. The molecule has 3 N–H and O–H groups in total. The van der Waals surface area contributed by atoms with Gasteiger partial charge in [0.05, 0.1) is 25.4 Å². The number of nitrogens with one attached hydrogen (secondary N) is 1. The van der Waals surface area contributed by atoms with Crippen LogP contribution in [-0.2, 0) is 14.3 Å². The van der Waals surface area contributed by atoms with Crippen molar-refractivity contribution < 1.29 is 24.5 Å². The van der Waals surface area contributed by atoms with E-state index in [2.05, 4.69) is 31.3 Å². The number of ether oxygens (including phenoxy) is 1. The number of unbranched alkanes of at least 4 members (excludes halogenated alkanes) is 51. The number of hydrogen-bond acceptors (Lipinski definition) is 5. The summed E-state index contributed by atoms with van der Waals surface area (Å²) in [7, 11) is 0. The Kier molecular flexibility index (Phi) is 63.4. The van der Waals surface area contributed by atoms with Crippen LogP contribution in [0.3, 0.4) is 0 Å². The van der Waals surface area contributed by atoms with Crippen molar-refractivity contribution in [1.82, 2.24) is 5.32 Å². The molecule has 0 aliphatic heterocycles. The van der Waals surface area contributed by atoms with Crippen LogP contribution >= 0.6 is 0 Å². The molecule has 6 heteroatoms. The van der Waals surface area contributed by atoms with E-state index in [1.807, 2.05) is 6.08 Å². The molecule has 0 radical (unpaired) electrons. The van der Waals surface area contributed by atoms with Crippen LogP contribution in [0.5, 0.6) is 0 Å². The molecule has 0 spiro atoms. The number of aliphatic hydroxyl groups excluding tert-OH is 2. The maximum Gasteiger partial charge on any atom is 0.305 e. The van der Waals surface area contributed by atoms with E-state index in [4.69, 9.17) is 4.74 Å². The van der Waals surface area contributed by atoms with Gasteiger partial charge in [0.25, 0.3) is 0 Å². The molecule has 0 heterocycles. The molecular formula is C69H133NO5. The Morgan fingerprint density at radius 2 is 0.627 bits per heavy atom. The van der Waals surface area contributed by atoms with Crippen molar-refractivity contribution in [2.24, 2.45) is 0 Å². The lowest BCUT2D eigenvalue weighted by atomic mass is 10.0. The van der Waals surface area contributed by atoms with Crippen molar-refractivity contribution in [3.8, 4) is 0 Å². The topological polar surface area (TPSA) is 95.9 Å². The average molecular weight is 1060 g/mol. The van der Waals surface area contributed by atoms with E-state index in [9.17, 15) is 19.8 Å². The van der Waals surface area contributed by atoms with Gasteiger partial charge < -0.3 is 20.3 Å². The molecule has 0 saturated heterocycles. The van der Waals surface area contributed by atoms with Crippen molar-refractivity contribution in [2.45, 2.75) is 392 Å².